The van der Waals surface area contributed by atoms with Crippen LogP contribution in [0.3, 0.4) is 0 Å². The third-order valence-corrected chi connectivity index (χ3v) is 11.2. The minimum Gasteiger partial charge on any atom is -0.451 e. The van der Waals surface area contributed by atoms with E-state index < -0.39 is 11.2 Å². The number of pyridine rings is 1. The number of nitrogens with zero attached hydrogens (tertiary/aromatic N) is 4. The molecule has 4 aromatic rings. The highest BCUT2D eigenvalue weighted by Gasteiger charge is 2.35. The number of carbonyl (C=O) groups excluding carboxylic acids is 2. The molecule has 0 saturated carbocycles. The van der Waals surface area contributed by atoms with Gasteiger partial charge in [-0.25, -0.2) is 4.39 Å². The van der Waals surface area contributed by atoms with Crippen LogP contribution in [0.25, 0.3) is 22.7 Å². The molecular weight excluding hydrogens is 659 g/mol. The van der Waals surface area contributed by atoms with Gasteiger partial charge in [-0.2, -0.15) is 0 Å². The summed E-state index contributed by atoms with van der Waals surface area (Å²) in [7, 11) is 0. The van der Waals surface area contributed by atoms with Gasteiger partial charge < -0.3 is 34.3 Å². The Balaban J connectivity index is 1.07. The zero-order valence-corrected chi connectivity index (χ0v) is 29.6. The number of H-pyrrole nitrogens is 1. The number of halogens is 1. The Morgan fingerprint density at radius 3 is 2.65 bits per heavy atom. The number of amides is 2. The number of piperidine rings is 1. The van der Waals surface area contributed by atoms with E-state index >= 15 is 4.39 Å². The highest BCUT2D eigenvalue weighted by molar-refractivity contribution is 6.01. The fraction of sp³-hybridized carbons (Fsp3) is 0.390. The van der Waals surface area contributed by atoms with Crippen molar-refractivity contribution in [2.24, 2.45) is 0 Å². The van der Waals surface area contributed by atoms with Crippen LogP contribution in [0.1, 0.15) is 66.2 Å². The number of para-hydroxylation sites is 2. The molecule has 52 heavy (non-hydrogen) atoms. The van der Waals surface area contributed by atoms with Gasteiger partial charge in [0.15, 0.2) is 17.3 Å². The van der Waals surface area contributed by atoms with Crippen LogP contribution in [0, 0.1) is 5.82 Å². The van der Waals surface area contributed by atoms with Gasteiger partial charge in [-0.15, -0.1) is 0 Å². The van der Waals surface area contributed by atoms with Crippen LogP contribution in [0.15, 0.2) is 66.3 Å². The van der Waals surface area contributed by atoms with Gasteiger partial charge in [-0.1, -0.05) is 43.9 Å². The van der Waals surface area contributed by atoms with Crippen molar-refractivity contribution in [1.82, 2.24) is 24.7 Å². The average molecular weight is 705 g/mol. The number of hydrogen-bond acceptors (Lipinski definition) is 6. The highest BCUT2D eigenvalue weighted by atomic mass is 19.1. The molecule has 270 valence electrons. The number of nitrogens with one attached hydrogen (secondary N) is 2. The van der Waals surface area contributed by atoms with Crippen LogP contribution in [-0.2, 0) is 17.6 Å². The molecule has 2 aromatic heterocycles. The number of benzene rings is 2. The number of likely N-dealkylation sites (tertiary alicyclic amines) is 2. The second kappa shape index (κ2) is 14.1. The normalized spacial score (nSPS) is 19.0. The van der Waals surface area contributed by atoms with Crippen molar-refractivity contribution in [2.45, 2.75) is 64.0 Å². The molecule has 0 spiro atoms. The smallest absolute Gasteiger partial charge is 0.259 e. The largest absolute Gasteiger partial charge is 0.451 e. The topological polar surface area (TPSA) is 103 Å². The third kappa shape index (κ3) is 6.10. The minimum absolute atomic E-state index is 0.0301. The predicted molar refractivity (Wildman–Crippen MR) is 201 cm³/mol. The van der Waals surface area contributed by atoms with Crippen LogP contribution in [0.5, 0.6) is 11.5 Å². The third-order valence-electron chi connectivity index (χ3n) is 11.2. The maximum atomic E-state index is 16.4. The van der Waals surface area contributed by atoms with E-state index in [2.05, 4.69) is 28.7 Å². The van der Waals surface area contributed by atoms with E-state index in [1.54, 1.807) is 23.2 Å². The molecule has 0 bridgehead atoms. The first-order chi connectivity index (χ1) is 25.3. The summed E-state index contributed by atoms with van der Waals surface area (Å²) >= 11 is 0. The fourth-order valence-electron chi connectivity index (χ4n) is 8.58. The van der Waals surface area contributed by atoms with E-state index in [-0.39, 0.29) is 46.7 Å². The average Bonchev–Trinajstić information content (AvgIpc) is 3.94. The summed E-state index contributed by atoms with van der Waals surface area (Å²) in [6.07, 6.45) is 14.9. The first-order valence-corrected chi connectivity index (χ1v) is 18.6. The summed E-state index contributed by atoms with van der Waals surface area (Å²) in [5.41, 5.74) is 3.83. The van der Waals surface area contributed by atoms with E-state index in [0.717, 1.165) is 49.2 Å². The molecule has 1 unspecified atom stereocenters. The van der Waals surface area contributed by atoms with E-state index in [1.165, 1.54) is 18.9 Å². The zero-order chi connectivity index (χ0) is 35.9. The number of hydrogen-bond donors (Lipinski definition) is 2. The van der Waals surface area contributed by atoms with E-state index in [0.29, 0.717) is 55.6 Å². The number of allylic oxidation sites excluding steroid dienone is 2. The van der Waals surface area contributed by atoms with Crippen molar-refractivity contribution in [3.8, 4) is 17.2 Å². The Labute approximate surface area is 302 Å². The predicted octanol–water partition coefficient (Wildman–Crippen LogP) is 5.96. The molecule has 1 atom stereocenters. The molecule has 10 nitrogen and oxygen atoms in total. The second-order valence-corrected chi connectivity index (χ2v) is 14.3. The van der Waals surface area contributed by atoms with Crippen LogP contribution in [-0.4, -0.2) is 82.5 Å². The highest BCUT2D eigenvalue weighted by Crippen LogP contribution is 2.47. The lowest BCUT2D eigenvalue weighted by Gasteiger charge is -2.36. The molecular formula is C41H45FN6O4. The monoisotopic (exact) mass is 704 g/mol. The van der Waals surface area contributed by atoms with Crippen molar-refractivity contribution < 1.29 is 18.7 Å². The molecule has 3 saturated heterocycles. The SMILES string of the molecule is C=C/C=C\c1c(CC(=O)NC2CCN(c3c(F)cc4c(=O)c(C(=O)N5CCC(N6CCCC6)CC5)cn5c4c3Oc3ccccc3-5)C2)c[nH]c1CC. The quantitative estimate of drug-likeness (QED) is 0.184. The fourth-order valence-corrected chi connectivity index (χ4v) is 8.58. The Morgan fingerprint density at radius 1 is 1.10 bits per heavy atom. The molecule has 2 amide bonds. The summed E-state index contributed by atoms with van der Waals surface area (Å²) < 4.78 is 24.6. The maximum absolute atomic E-state index is 16.4. The molecule has 4 aliphatic rings. The molecule has 11 heteroatoms. The number of ether oxygens (including phenoxy) is 1. The van der Waals surface area contributed by atoms with Gasteiger partial charge in [0.25, 0.3) is 5.91 Å². The van der Waals surface area contributed by atoms with Gasteiger partial charge in [0.2, 0.25) is 11.3 Å². The van der Waals surface area contributed by atoms with E-state index in [1.807, 2.05) is 46.0 Å². The Bertz CT molecular complexity index is 2140. The van der Waals surface area contributed by atoms with E-state index in [9.17, 15) is 14.4 Å². The van der Waals surface area contributed by atoms with Gasteiger partial charge in [-0.05, 0) is 80.9 Å². The Morgan fingerprint density at radius 2 is 1.88 bits per heavy atom. The number of rotatable bonds is 9. The number of anilines is 1. The lowest BCUT2D eigenvalue weighted by molar-refractivity contribution is -0.121. The number of aromatic amines is 1. The molecule has 4 aliphatic heterocycles. The van der Waals surface area contributed by atoms with Gasteiger partial charge >= 0.3 is 0 Å². The Hall–Kier alpha value is -5.16. The summed E-state index contributed by atoms with van der Waals surface area (Å²) in [4.78, 5) is 50.8. The lowest BCUT2D eigenvalue weighted by Crippen LogP contribution is -2.46. The van der Waals surface area contributed by atoms with Crippen molar-refractivity contribution in [3.05, 3.63) is 99.9 Å². The van der Waals surface area contributed by atoms with Gasteiger partial charge in [-0.3, -0.25) is 14.4 Å². The van der Waals surface area contributed by atoms with Crippen LogP contribution < -0.4 is 20.4 Å². The van der Waals surface area contributed by atoms with Crippen molar-refractivity contribution >= 4 is 34.5 Å². The number of carbonyl (C=O) groups is 2. The van der Waals surface area contributed by atoms with Crippen LogP contribution in [0.2, 0.25) is 0 Å². The molecule has 2 aromatic carbocycles. The standard InChI is InChI=1S/C41H45FN6O4/c1-3-5-10-29-26(23-43-33(29)4-2)21-36(49)44-27-13-18-47(24-27)38-32(42)22-30-37-40(38)52-35-12-7-6-11-34(35)48(37)25-31(39(30)50)41(51)46-19-14-28(15-20-46)45-16-8-9-17-45/h3,5-7,10-12,22-23,25,27-28,43H,1,4,8-9,13-21,24H2,2H3,(H,44,49)/b10-5-. The van der Waals surface area contributed by atoms with Crippen molar-refractivity contribution in [3.63, 3.8) is 0 Å². The first-order valence-electron chi connectivity index (χ1n) is 18.6. The zero-order valence-electron chi connectivity index (χ0n) is 29.6. The van der Waals surface area contributed by atoms with Crippen molar-refractivity contribution in [2.75, 3.05) is 44.2 Å². The summed E-state index contributed by atoms with van der Waals surface area (Å²) in [6, 6.07) is 8.89. The summed E-state index contributed by atoms with van der Waals surface area (Å²) in [6.45, 7) is 10.1. The summed E-state index contributed by atoms with van der Waals surface area (Å²) in [5, 5.41) is 3.25. The first kappa shape index (κ1) is 34.0. The lowest BCUT2D eigenvalue weighted by atomic mass is 10.0. The van der Waals surface area contributed by atoms with E-state index in [4.69, 9.17) is 4.74 Å². The number of fused-ring (bicyclic) bond motifs is 2. The van der Waals surface area contributed by atoms with Gasteiger partial charge in [0, 0.05) is 56.4 Å². The van der Waals surface area contributed by atoms with Gasteiger partial charge in [0.05, 0.1) is 17.5 Å². The van der Waals surface area contributed by atoms with Gasteiger partial charge in [0.1, 0.15) is 16.8 Å². The summed E-state index contributed by atoms with van der Waals surface area (Å²) in [5.74, 6) is -0.301. The molecule has 8 rings (SSSR count). The molecule has 3 fully saturated rings. The molecule has 2 N–H and O–H groups in total. The van der Waals surface area contributed by atoms with Crippen LogP contribution in [0.4, 0.5) is 10.1 Å². The molecule has 6 heterocycles. The molecule has 0 radical (unpaired) electrons. The molecule has 0 aliphatic carbocycles. The maximum Gasteiger partial charge on any atom is 0.259 e. The second-order valence-electron chi connectivity index (χ2n) is 14.3. The van der Waals surface area contributed by atoms with Crippen LogP contribution >= 0.6 is 0 Å². The number of aryl methyl sites for hydroxylation is 1. The Kier molecular flexibility index (Phi) is 9.21. The number of aromatic nitrogens is 2. The van der Waals surface area contributed by atoms with Crippen molar-refractivity contribution in [1.29, 1.82) is 0 Å². The minimum atomic E-state index is -0.605.